The SMILES string of the molecule is C=CC(C)(CCC1C(=C)CCC2C(C)(C)C(OC3OC(CO)C(O)C(O)C3O)CCC12C)OC1OC(C)C(O)C(O)C1O. The highest BCUT2D eigenvalue weighted by molar-refractivity contribution is 5.17. The Labute approximate surface area is 255 Å². The highest BCUT2D eigenvalue weighted by atomic mass is 16.7. The van der Waals surface area contributed by atoms with Crippen LogP contribution in [0.1, 0.15) is 73.1 Å². The lowest BCUT2D eigenvalue weighted by Gasteiger charge is -2.61. The first-order chi connectivity index (χ1) is 20.0. The van der Waals surface area contributed by atoms with E-state index in [1.807, 2.05) is 6.92 Å². The van der Waals surface area contributed by atoms with Gasteiger partial charge in [-0.25, -0.2) is 0 Å². The standard InChI is InChI=1S/C32H54O11/c1-8-31(6,43-29-27(39)24(36)22(34)17(3)40-29)13-11-18-16(2)9-10-20-30(4,5)21(12-14-32(18,20)7)42-28-26(38)25(37)23(35)19(15-33)41-28/h8,17-29,33-39H,1-2,9-15H2,3-7H3. The summed E-state index contributed by atoms with van der Waals surface area (Å²) >= 11 is 0. The molecule has 248 valence electrons. The van der Waals surface area contributed by atoms with Crippen LogP contribution in [0, 0.1) is 22.7 Å². The number of aliphatic hydroxyl groups is 7. The van der Waals surface area contributed by atoms with Crippen LogP contribution in [0.5, 0.6) is 0 Å². The highest BCUT2D eigenvalue weighted by Crippen LogP contribution is 2.62. The highest BCUT2D eigenvalue weighted by Gasteiger charge is 2.58. The van der Waals surface area contributed by atoms with Gasteiger partial charge in [0.25, 0.3) is 0 Å². The summed E-state index contributed by atoms with van der Waals surface area (Å²) in [6, 6.07) is 0. The molecule has 2 heterocycles. The van der Waals surface area contributed by atoms with E-state index in [4.69, 9.17) is 18.9 Å². The molecule has 2 saturated heterocycles. The largest absolute Gasteiger partial charge is 0.394 e. The molecule has 4 fully saturated rings. The zero-order valence-corrected chi connectivity index (χ0v) is 26.2. The van der Waals surface area contributed by atoms with Gasteiger partial charge in [-0.15, -0.1) is 6.58 Å². The van der Waals surface area contributed by atoms with Crippen molar-refractivity contribution < 1.29 is 54.7 Å². The molecule has 4 rings (SSSR count). The maximum absolute atomic E-state index is 10.6. The van der Waals surface area contributed by atoms with Crippen LogP contribution < -0.4 is 0 Å². The predicted molar refractivity (Wildman–Crippen MR) is 156 cm³/mol. The van der Waals surface area contributed by atoms with E-state index >= 15 is 0 Å². The average molecular weight is 615 g/mol. The number of hydrogen-bond acceptors (Lipinski definition) is 11. The van der Waals surface area contributed by atoms with Gasteiger partial charge in [0.05, 0.1) is 24.4 Å². The lowest BCUT2D eigenvalue weighted by Crippen LogP contribution is -2.62. The lowest BCUT2D eigenvalue weighted by molar-refractivity contribution is -0.327. The number of rotatable bonds is 9. The molecule has 15 atom stereocenters. The first-order valence-electron chi connectivity index (χ1n) is 15.7. The molecule has 0 spiro atoms. The molecule has 2 aliphatic heterocycles. The third-order valence-corrected chi connectivity index (χ3v) is 11.2. The third-order valence-electron chi connectivity index (χ3n) is 11.2. The zero-order chi connectivity index (χ0) is 32.1. The Morgan fingerprint density at radius 1 is 0.930 bits per heavy atom. The van der Waals surface area contributed by atoms with Gasteiger partial charge in [0.1, 0.15) is 42.7 Å². The summed E-state index contributed by atoms with van der Waals surface area (Å²) in [4.78, 5) is 0. The number of hydrogen-bond donors (Lipinski definition) is 7. The summed E-state index contributed by atoms with van der Waals surface area (Å²) in [6.45, 7) is 18.1. The average Bonchev–Trinajstić information content (AvgIpc) is 2.95. The van der Waals surface area contributed by atoms with E-state index in [1.54, 1.807) is 13.0 Å². The summed E-state index contributed by atoms with van der Waals surface area (Å²) in [5, 5.41) is 71.5. The molecule has 43 heavy (non-hydrogen) atoms. The molecule has 15 unspecified atom stereocenters. The van der Waals surface area contributed by atoms with Crippen molar-refractivity contribution in [1.82, 2.24) is 0 Å². The van der Waals surface area contributed by atoms with E-state index < -0.39 is 73.6 Å². The van der Waals surface area contributed by atoms with E-state index in [2.05, 4.69) is 33.9 Å². The van der Waals surface area contributed by atoms with Gasteiger partial charge in [-0.3, -0.25) is 0 Å². The van der Waals surface area contributed by atoms with E-state index in [9.17, 15) is 35.7 Å². The van der Waals surface area contributed by atoms with Crippen LogP contribution in [0.3, 0.4) is 0 Å². The van der Waals surface area contributed by atoms with Crippen molar-refractivity contribution in [3.05, 3.63) is 24.8 Å². The Bertz CT molecular complexity index is 988. The van der Waals surface area contributed by atoms with Gasteiger partial charge in [-0.1, -0.05) is 39.0 Å². The molecule has 11 nitrogen and oxygen atoms in total. The lowest BCUT2D eigenvalue weighted by atomic mass is 9.46. The molecular weight excluding hydrogens is 560 g/mol. The minimum absolute atomic E-state index is 0.119. The number of allylic oxidation sites excluding steroid dienone is 1. The molecule has 0 radical (unpaired) electrons. The summed E-state index contributed by atoms with van der Waals surface area (Å²) in [6.07, 6.45) is -6.46. The van der Waals surface area contributed by atoms with Crippen molar-refractivity contribution in [2.45, 2.75) is 146 Å². The molecule has 4 aliphatic rings. The number of fused-ring (bicyclic) bond motifs is 1. The summed E-state index contributed by atoms with van der Waals surface area (Å²) < 4.78 is 23.9. The van der Waals surface area contributed by atoms with E-state index in [1.165, 1.54) is 5.57 Å². The summed E-state index contributed by atoms with van der Waals surface area (Å²) in [7, 11) is 0. The van der Waals surface area contributed by atoms with Gasteiger partial charge in [-0.05, 0) is 75.0 Å². The second-order valence-corrected chi connectivity index (χ2v) is 14.3. The van der Waals surface area contributed by atoms with Gasteiger partial charge >= 0.3 is 0 Å². The van der Waals surface area contributed by atoms with Crippen LogP contribution in [0.2, 0.25) is 0 Å². The maximum atomic E-state index is 10.6. The third kappa shape index (κ3) is 6.51. The normalized spacial score (nSPS) is 48.3. The van der Waals surface area contributed by atoms with Crippen molar-refractivity contribution >= 4 is 0 Å². The van der Waals surface area contributed by atoms with Crippen molar-refractivity contribution in [3.8, 4) is 0 Å². The topological polar surface area (TPSA) is 179 Å². The van der Waals surface area contributed by atoms with Crippen LogP contribution in [0.25, 0.3) is 0 Å². The Hall–Kier alpha value is -0.960. The first kappa shape index (κ1) is 34.9. The minimum atomic E-state index is -1.49. The molecule has 2 aliphatic carbocycles. The quantitative estimate of drug-likeness (QED) is 0.146. The van der Waals surface area contributed by atoms with Crippen molar-refractivity contribution in [3.63, 3.8) is 0 Å². The van der Waals surface area contributed by atoms with Crippen LogP contribution >= 0.6 is 0 Å². The van der Waals surface area contributed by atoms with Gasteiger partial charge in [0, 0.05) is 0 Å². The Balaban J connectivity index is 1.47. The number of aliphatic hydroxyl groups excluding tert-OH is 7. The van der Waals surface area contributed by atoms with Gasteiger partial charge < -0.3 is 54.7 Å². The smallest absolute Gasteiger partial charge is 0.187 e. The Kier molecular flexibility index (Phi) is 10.6. The fourth-order valence-corrected chi connectivity index (χ4v) is 8.29. The molecular formula is C32H54O11. The van der Waals surface area contributed by atoms with Gasteiger partial charge in [0.15, 0.2) is 12.6 Å². The Morgan fingerprint density at radius 3 is 2.19 bits per heavy atom. The minimum Gasteiger partial charge on any atom is -0.394 e. The predicted octanol–water partition coefficient (Wildman–Crippen LogP) is 1.15. The van der Waals surface area contributed by atoms with Crippen LogP contribution in [-0.2, 0) is 18.9 Å². The molecule has 0 aromatic rings. The zero-order valence-electron chi connectivity index (χ0n) is 26.2. The van der Waals surface area contributed by atoms with Crippen LogP contribution in [0.15, 0.2) is 24.8 Å². The van der Waals surface area contributed by atoms with Crippen molar-refractivity contribution in [2.24, 2.45) is 22.7 Å². The first-order valence-corrected chi connectivity index (χ1v) is 15.7. The fourth-order valence-electron chi connectivity index (χ4n) is 8.29. The Morgan fingerprint density at radius 2 is 1.56 bits per heavy atom. The van der Waals surface area contributed by atoms with Gasteiger partial charge in [0.2, 0.25) is 0 Å². The molecule has 11 heteroatoms. The van der Waals surface area contributed by atoms with Crippen LogP contribution in [0.4, 0.5) is 0 Å². The maximum Gasteiger partial charge on any atom is 0.187 e. The van der Waals surface area contributed by atoms with Gasteiger partial charge in [-0.2, -0.15) is 0 Å². The molecule has 7 N–H and O–H groups in total. The van der Waals surface area contributed by atoms with Crippen LogP contribution in [-0.4, -0.2) is 115 Å². The second-order valence-electron chi connectivity index (χ2n) is 14.3. The molecule has 2 saturated carbocycles. The molecule has 0 aromatic carbocycles. The monoisotopic (exact) mass is 614 g/mol. The summed E-state index contributed by atoms with van der Waals surface area (Å²) in [5.74, 6) is 0.390. The van der Waals surface area contributed by atoms with Crippen molar-refractivity contribution in [1.29, 1.82) is 0 Å². The van der Waals surface area contributed by atoms with E-state index in [0.717, 1.165) is 25.7 Å². The molecule has 0 aromatic heterocycles. The van der Waals surface area contributed by atoms with Crippen molar-refractivity contribution in [2.75, 3.05) is 6.61 Å². The molecule has 0 bridgehead atoms. The fraction of sp³-hybridized carbons (Fsp3) is 0.875. The van der Waals surface area contributed by atoms with E-state index in [0.29, 0.717) is 12.8 Å². The summed E-state index contributed by atoms with van der Waals surface area (Å²) in [5.41, 5.74) is -0.159. The van der Waals surface area contributed by atoms with E-state index in [-0.39, 0.29) is 28.8 Å². The molecule has 0 amide bonds. The number of ether oxygens (including phenoxy) is 4. The second kappa shape index (κ2) is 13.0.